The first-order valence-corrected chi connectivity index (χ1v) is 10.1. The zero-order valence-electron chi connectivity index (χ0n) is 18.1. The van der Waals surface area contributed by atoms with E-state index in [0.29, 0.717) is 5.56 Å². The van der Waals surface area contributed by atoms with E-state index in [1.807, 2.05) is 12.1 Å². The van der Waals surface area contributed by atoms with Gasteiger partial charge in [0.25, 0.3) is 0 Å². The highest BCUT2D eigenvalue weighted by atomic mass is 35.5. The highest BCUT2D eigenvalue weighted by Crippen LogP contribution is 2.36. The molecule has 0 heterocycles. The molecule has 0 unspecified atom stereocenters. The Labute approximate surface area is 178 Å². The van der Waals surface area contributed by atoms with Crippen molar-refractivity contribution in [2.45, 2.75) is 50.4 Å². The molecule has 0 aliphatic heterocycles. The molecule has 0 amide bonds. The van der Waals surface area contributed by atoms with Crippen LogP contribution in [0.4, 0.5) is 0 Å². The number of benzene rings is 2. The van der Waals surface area contributed by atoms with Gasteiger partial charge in [0.1, 0.15) is 6.10 Å². The molecule has 5 nitrogen and oxygen atoms in total. The lowest BCUT2D eigenvalue weighted by Gasteiger charge is -2.39. The van der Waals surface area contributed by atoms with Gasteiger partial charge in [0, 0.05) is 7.76 Å². The summed E-state index contributed by atoms with van der Waals surface area (Å²) in [6.07, 6.45) is -4.91. The first kappa shape index (κ1) is 19.2. The summed E-state index contributed by atoms with van der Waals surface area (Å²) in [4.78, 5) is 12.8. The van der Waals surface area contributed by atoms with Gasteiger partial charge in [0.05, 0.1) is 30.7 Å². The molecule has 1 saturated carbocycles. The van der Waals surface area contributed by atoms with Crippen LogP contribution in [-0.2, 0) is 17.6 Å². The monoisotopic (exact) mass is 420 g/mol. The largest absolute Gasteiger partial charge is 0.396 e. The van der Waals surface area contributed by atoms with Crippen LogP contribution < -0.4 is 0 Å². The predicted octanol–water partition coefficient (Wildman–Crippen LogP) is 2.24. The van der Waals surface area contributed by atoms with Crippen molar-refractivity contribution in [1.29, 1.82) is 0 Å². The maximum absolute atomic E-state index is 12.8. The maximum atomic E-state index is 12.8. The first-order chi connectivity index (χ1) is 14.6. The second-order valence-corrected chi connectivity index (χ2v) is 7.86. The Morgan fingerprint density at radius 2 is 1.66 bits per heavy atom. The Kier molecular flexibility index (Phi) is 6.21. The van der Waals surface area contributed by atoms with E-state index in [9.17, 15) is 25.2 Å². The number of aliphatic hydroxyl groups is 4. The first-order valence-electron chi connectivity index (χ1n) is 10.7. The van der Waals surface area contributed by atoms with E-state index in [0.717, 1.165) is 18.4 Å². The molecule has 1 fully saturated rings. The Morgan fingerprint density at radius 1 is 1.00 bits per heavy atom. The van der Waals surface area contributed by atoms with Crippen molar-refractivity contribution in [3.63, 3.8) is 0 Å². The summed E-state index contributed by atoms with van der Waals surface area (Å²) < 4.78 is 17.4. The van der Waals surface area contributed by atoms with Crippen LogP contribution in [-0.4, -0.2) is 51.1 Å². The van der Waals surface area contributed by atoms with Crippen LogP contribution in [0.3, 0.4) is 0 Å². The van der Waals surface area contributed by atoms with Gasteiger partial charge in [-0.1, -0.05) is 61.3 Å². The zero-order chi connectivity index (χ0) is 22.9. The number of hydrogen-bond donors (Lipinski definition) is 4. The number of aliphatic hydroxyl groups excluding tert-OH is 4. The van der Waals surface area contributed by atoms with Crippen LogP contribution in [0.25, 0.3) is 0 Å². The van der Waals surface area contributed by atoms with Crippen molar-refractivity contribution in [2.24, 2.45) is 5.92 Å². The Morgan fingerprint density at radius 3 is 2.28 bits per heavy atom. The van der Waals surface area contributed by atoms with E-state index in [1.165, 1.54) is 18.2 Å². The summed E-state index contributed by atoms with van der Waals surface area (Å²) in [5.74, 6) is -3.09. The molecule has 2 aromatic rings. The molecule has 2 aromatic carbocycles. The molecule has 0 spiro atoms. The molecular formula is C23H27ClO5. The summed E-state index contributed by atoms with van der Waals surface area (Å²) in [6, 6.07) is 11.5. The highest BCUT2D eigenvalue weighted by molar-refractivity contribution is 6.31. The van der Waals surface area contributed by atoms with Crippen molar-refractivity contribution in [3.05, 3.63) is 69.7 Å². The lowest BCUT2D eigenvalue weighted by molar-refractivity contribution is -0.158. The smallest absolute Gasteiger partial charge is 0.151 e. The van der Waals surface area contributed by atoms with E-state index in [1.54, 1.807) is 12.1 Å². The fraction of sp³-hybridized carbons (Fsp3) is 0.435. The molecule has 6 heteroatoms. The molecule has 1 aliphatic rings. The lowest BCUT2D eigenvalue weighted by Crippen LogP contribution is -2.56. The summed E-state index contributed by atoms with van der Waals surface area (Å²) in [7, 11) is 0. The van der Waals surface area contributed by atoms with Gasteiger partial charge < -0.3 is 20.4 Å². The van der Waals surface area contributed by atoms with Gasteiger partial charge >= 0.3 is 0 Å². The molecule has 156 valence electrons. The van der Waals surface area contributed by atoms with Gasteiger partial charge in [-0.05, 0) is 41.1 Å². The molecule has 1 aliphatic carbocycles. The molecule has 0 saturated heterocycles. The number of rotatable bonds is 6. The van der Waals surface area contributed by atoms with E-state index in [2.05, 4.69) is 6.92 Å². The van der Waals surface area contributed by atoms with Gasteiger partial charge in [0.15, 0.2) is 5.78 Å². The molecule has 0 radical (unpaired) electrons. The standard InChI is InChI=1S/C23H27ClO5/c1-2-3-13-4-6-14(7-5-13)10-16-11-15(8-9-18(16)24)19-20(26)17(12-25)21(27)23(29)22(19)28/h4-9,11,17,19,21-23,25,27-29H,2-3,10,12H2,1H3/t17-,19+,21+,22-,23-/m0/s1/i10D2. The summed E-state index contributed by atoms with van der Waals surface area (Å²) >= 11 is 6.31. The van der Waals surface area contributed by atoms with Gasteiger partial charge in [-0.25, -0.2) is 0 Å². The topological polar surface area (TPSA) is 98.0 Å². The van der Waals surface area contributed by atoms with E-state index in [4.69, 9.17) is 14.3 Å². The molecule has 0 aromatic heterocycles. The van der Waals surface area contributed by atoms with Crippen LogP contribution in [0.1, 0.15) is 44.3 Å². The average Bonchev–Trinajstić information content (AvgIpc) is 2.74. The van der Waals surface area contributed by atoms with Gasteiger partial charge in [0.2, 0.25) is 0 Å². The Balaban J connectivity index is 2.02. The number of carbonyl (C=O) groups is 1. The minimum atomic E-state index is -1.98. The second-order valence-electron chi connectivity index (χ2n) is 7.45. The summed E-state index contributed by atoms with van der Waals surface area (Å²) in [5, 5.41) is 40.3. The number of halogens is 1. The number of Topliss-reactive ketones (excluding diaryl/α,β-unsaturated/α-hetero) is 1. The molecule has 3 rings (SSSR count). The number of ketones is 1. The molecular weight excluding hydrogens is 392 g/mol. The average molecular weight is 421 g/mol. The minimum Gasteiger partial charge on any atom is -0.396 e. The zero-order valence-corrected chi connectivity index (χ0v) is 16.9. The van der Waals surface area contributed by atoms with Gasteiger partial charge in [-0.2, -0.15) is 0 Å². The van der Waals surface area contributed by atoms with Crippen LogP contribution in [0.15, 0.2) is 42.5 Å². The van der Waals surface area contributed by atoms with E-state index < -0.39 is 48.9 Å². The second kappa shape index (κ2) is 9.37. The molecule has 29 heavy (non-hydrogen) atoms. The van der Waals surface area contributed by atoms with Gasteiger partial charge in [-0.15, -0.1) is 0 Å². The Bertz CT molecular complexity index is 934. The third-order valence-electron chi connectivity index (χ3n) is 5.44. The van der Waals surface area contributed by atoms with E-state index in [-0.39, 0.29) is 16.1 Å². The van der Waals surface area contributed by atoms with Crippen molar-refractivity contribution in [1.82, 2.24) is 0 Å². The van der Waals surface area contributed by atoms with Crippen molar-refractivity contribution in [2.75, 3.05) is 6.61 Å². The molecule has 4 N–H and O–H groups in total. The number of hydrogen-bond acceptors (Lipinski definition) is 5. The van der Waals surface area contributed by atoms with Crippen molar-refractivity contribution < 1.29 is 28.0 Å². The summed E-state index contributed by atoms with van der Waals surface area (Å²) in [5.41, 5.74) is 1.87. The third-order valence-corrected chi connectivity index (χ3v) is 5.77. The molecule has 5 atom stereocenters. The number of carbonyl (C=O) groups excluding carboxylic acids is 1. The highest BCUT2D eigenvalue weighted by Gasteiger charge is 2.48. The third kappa shape index (κ3) is 4.55. The normalized spacial score (nSPS) is 28.8. The van der Waals surface area contributed by atoms with Crippen LogP contribution in [0, 0.1) is 5.92 Å². The number of aryl methyl sites for hydroxylation is 1. The Hall–Kier alpha value is -1.76. The van der Waals surface area contributed by atoms with Crippen molar-refractivity contribution >= 4 is 17.4 Å². The lowest BCUT2D eigenvalue weighted by atomic mass is 9.72. The fourth-order valence-electron chi connectivity index (χ4n) is 3.79. The fourth-order valence-corrected chi connectivity index (χ4v) is 3.96. The SMILES string of the molecule is [2H]C([2H])(c1ccc(CCC)cc1)c1cc([C@@H]2C(=O)[C@H](CO)[C@@H](O)[C@H](O)[C@H]2O)ccc1Cl. The maximum Gasteiger partial charge on any atom is 0.151 e. The quantitative estimate of drug-likeness (QED) is 0.574. The van der Waals surface area contributed by atoms with E-state index >= 15 is 0 Å². The van der Waals surface area contributed by atoms with Crippen molar-refractivity contribution in [3.8, 4) is 0 Å². The molecule has 0 bridgehead atoms. The van der Waals surface area contributed by atoms with Crippen LogP contribution in [0.2, 0.25) is 5.02 Å². The minimum absolute atomic E-state index is 0.121. The summed E-state index contributed by atoms with van der Waals surface area (Å²) in [6.45, 7) is 1.39. The predicted molar refractivity (Wildman–Crippen MR) is 111 cm³/mol. The van der Waals surface area contributed by atoms with Crippen LogP contribution >= 0.6 is 11.6 Å². The van der Waals surface area contributed by atoms with Gasteiger partial charge in [-0.3, -0.25) is 4.79 Å². The van der Waals surface area contributed by atoms with Crippen LogP contribution in [0.5, 0.6) is 0 Å².